The second-order valence-electron chi connectivity index (χ2n) is 3.73. The van der Waals surface area contributed by atoms with E-state index in [2.05, 4.69) is 30.4 Å². The summed E-state index contributed by atoms with van der Waals surface area (Å²) in [5.41, 5.74) is 2.45. The molecule has 1 aromatic heterocycles. The fourth-order valence-electron chi connectivity index (χ4n) is 1.59. The van der Waals surface area contributed by atoms with Gasteiger partial charge in [-0.3, -0.25) is 0 Å². The standard InChI is InChI=1S/C13H16N2/c1-2-3-7-12-10-14-15(11-12)13-8-5-4-6-9-13/h4-6,8-11H,2-3,7H2,1H3. The summed E-state index contributed by atoms with van der Waals surface area (Å²) >= 11 is 0. The molecule has 2 aromatic rings. The maximum atomic E-state index is 4.36. The lowest BCUT2D eigenvalue weighted by molar-refractivity contribution is 0.794. The smallest absolute Gasteiger partial charge is 0.0645 e. The molecule has 2 rings (SSSR count). The Kier molecular flexibility index (Phi) is 3.18. The summed E-state index contributed by atoms with van der Waals surface area (Å²) in [4.78, 5) is 0. The zero-order chi connectivity index (χ0) is 10.5. The Morgan fingerprint density at radius 3 is 2.73 bits per heavy atom. The molecule has 78 valence electrons. The Hall–Kier alpha value is -1.57. The predicted molar refractivity (Wildman–Crippen MR) is 62.2 cm³/mol. The molecule has 15 heavy (non-hydrogen) atoms. The van der Waals surface area contributed by atoms with Gasteiger partial charge in [-0.25, -0.2) is 4.68 Å². The maximum absolute atomic E-state index is 4.36. The van der Waals surface area contributed by atoms with Crippen molar-refractivity contribution in [2.45, 2.75) is 26.2 Å². The monoisotopic (exact) mass is 200 g/mol. The van der Waals surface area contributed by atoms with Crippen LogP contribution in [-0.4, -0.2) is 9.78 Å². The van der Waals surface area contributed by atoms with Crippen LogP contribution in [0.4, 0.5) is 0 Å². The van der Waals surface area contributed by atoms with Gasteiger partial charge in [-0.15, -0.1) is 0 Å². The molecule has 0 saturated carbocycles. The summed E-state index contributed by atoms with van der Waals surface area (Å²) in [6.07, 6.45) is 7.67. The van der Waals surface area contributed by atoms with E-state index in [0.717, 1.165) is 12.1 Å². The fraction of sp³-hybridized carbons (Fsp3) is 0.308. The Labute approximate surface area is 90.6 Å². The van der Waals surface area contributed by atoms with Crippen molar-refractivity contribution in [3.63, 3.8) is 0 Å². The second-order valence-corrected chi connectivity index (χ2v) is 3.73. The molecule has 0 atom stereocenters. The van der Waals surface area contributed by atoms with Crippen LogP contribution in [0.5, 0.6) is 0 Å². The number of rotatable bonds is 4. The quantitative estimate of drug-likeness (QED) is 0.741. The van der Waals surface area contributed by atoms with Gasteiger partial charge in [-0.05, 0) is 30.5 Å². The third-order valence-corrected chi connectivity index (χ3v) is 2.48. The van der Waals surface area contributed by atoms with E-state index in [1.54, 1.807) is 0 Å². The molecule has 0 aliphatic rings. The fourth-order valence-corrected chi connectivity index (χ4v) is 1.59. The number of para-hydroxylation sites is 1. The van der Waals surface area contributed by atoms with Crippen LogP contribution in [0.25, 0.3) is 5.69 Å². The molecule has 1 aromatic carbocycles. The van der Waals surface area contributed by atoms with Gasteiger partial charge in [-0.2, -0.15) is 5.10 Å². The summed E-state index contributed by atoms with van der Waals surface area (Å²) < 4.78 is 1.94. The van der Waals surface area contributed by atoms with E-state index < -0.39 is 0 Å². The Morgan fingerprint density at radius 1 is 1.20 bits per heavy atom. The first kappa shape index (κ1) is 9.97. The van der Waals surface area contributed by atoms with Gasteiger partial charge < -0.3 is 0 Å². The third kappa shape index (κ3) is 2.46. The lowest BCUT2D eigenvalue weighted by Gasteiger charge is -1.98. The highest BCUT2D eigenvalue weighted by molar-refractivity contribution is 5.30. The minimum Gasteiger partial charge on any atom is -0.241 e. The summed E-state index contributed by atoms with van der Waals surface area (Å²) in [5, 5.41) is 4.36. The number of hydrogen-bond donors (Lipinski definition) is 0. The van der Waals surface area contributed by atoms with Crippen molar-refractivity contribution in [3.05, 3.63) is 48.3 Å². The van der Waals surface area contributed by atoms with Crippen LogP contribution in [0, 0.1) is 0 Å². The van der Waals surface area contributed by atoms with E-state index in [0.29, 0.717) is 0 Å². The van der Waals surface area contributed by atoms with Crippen molar-refractivity contribution in [1.82, 2.24) is 9.78 Å². The van der Waals surface area contributed by atoms with Crippen molar-refractivity contribution in [2.75, 3.05) is 0 Å². The minimum atomic E-state index is 1.13. The molecule has 0 aliphatic carbocycles. The second kappa shape index (κ2) is 4.78. The highest BCUT2D eigenvalue weighted by Gasteiger charge is 1.99. The Morgan fingerprint density at radius 2 is 2.00 bits per heavy atom. The molecule has 0 aliphatic heterocycles. The summed E-state index contributed by atoms with van der Waals surface area (Å²) in [7, 11) is 0. The van der Waals surface area contributed by atoms with E-state index in [9.17, 15) is 0 Å². The maximum Gasteiger partial charge on any atom is 0.0645 e. The van der Waals surface area contributed by atoms with Gasteiger partial charge in [0.15, 0.2) is 0 Å². The molecule has 1 heterocycles. The normalized spacial score (nSPS) is 10.5. The van der Waals surface area contributed by atoms with Gasteiger partial charge >= 0.3 is 0 Å². The van der Waals surface area contributed by atoms with Crippen molar-refractivity contribution < 1.29 is 0 Å². The molecule has 2 heteroatoms. The van der Waals surface area contributed by atoms with E-state index in [1.807, 2.05) is 29.1 Å². The number of hydrogen-bond acceptors (Lipinski definition) is 1. The molecule has 0 saturated heterocycles. The number of benzene rings is 1. The lowest BCUT2D eigenvalue weighted by Crippen LogP contribution is -1.92. The van der Waals surface area contributed by atoms with Crippen LogP contribution in [0.1, 0.15) is 25.3 Å². The van der Waals surface area contributed by atoms with E-state index >= 15 is 0 Å². The van der Waals surface area contributed by atoms with E-state index in [4.69, 9.17) is 0 Å². The van der Waals surface area contributed by atoms with Crippen molar-refractivity contribution >= 4 is 0 Å². The first-order chi connectivity index (χ1) is 7.40. The van der Waals surface area contributed by atoms with Gasteiger partial charge in [-0.1, -0.05) is 31.5 Å². The SMILES string of the molecule is CCCCc1cnn(-c2ccccc2)c1. The van der Waals surface area contributed by atoms with Crippen molar-refractivity contribution in [2.24, 2.45) is 0 Å². The van der Waals surface area contributed by atoms with Gasteiger partial charge in [0.05, 0.1) is 11.9 Å². The van der Waals surface area contributed by atoms with Crippen LogP contribution in [0.2, 0.25) is 0 Å². The number of aryl methyl sites for hydroxylation is 1. The average Bonchev–Trinajstić information content (AvgIpc) is 2.76. The van der Waals surface area contributed by atoms with Crippen LogP contribution in [-0.2, 0) is 6.42 Å². The van der Waals surface area contributed by atoms with E-state index in [-0.39, 0.29) is 0 Å². The first-order valence-electron chi connectivity index (χ1n) is 5.49. The first-order valence-corrected chi connectivity index (χ1v) is 5.49. The van der Waals surface area contributed by atoms with Crippen LogP contribution in [0.3, 0.4) is 0 Å². The highest BCUT2D eigenvalue weighted by atomic mass is 15.3. The van der Waals surface area contributed by atoms with Crippen LogP contribution in [0.15, 0.2) is 42.7 Å². The Balaban J connectivity index is 2.14. The molecular formula is C13H16N2. The zero-order valence-electron chi connectivity index (χ0n) is 9.06. The summed E-state index contributed by atoms with van der Waals surface area (Å²) in [6.45, 7) is 2.21. The summed E-state index contributed by atoms with van der Waals surface area (Å²) in [6, 6.07) is 10.2. The largest absolute Gasteiger partial charge is 0.241 e. The number of unbranched alkanes of at least 4 members (excludes halogenated alkanes) is 1. The lowest BCUT2D eigenvalue weighted by atomic mass is 10.2. The predicted octanol–water partition coefficient (Wildman–Crippen LogP) is 3.21. The molecule has 0 fully saturated rings. The Bertz CT molecular complexity index is 403. The number of aromatic nitrogens is 2. The van der Waals surface area contributed by atoms with Gasteiger partial charge in [0.25, 0.3) is 0 Å². The molecule has 0 unspecified atom stereocenters. The third-order valence-electron chi connectivity index (χ3n) is 2.48. The molecule has 0 amide bonds. The van der Waals surface area contributed by atoms with E-state index in [1.165, 1.54) is 18.4 Å². The molecule has 2 nitrogen and oxygen atoms in total. The average molecular weight is 200 g/mol. The van der Waals surface area contributed by atoms with Gasteiger partial charge in [0.2, 0.25) is 0 Å². The molecule has 0 N–H and O–H groups in total. The highest BCUT2D eigenvalue weighted by Crippen LogP contribution is 2.09. The van der Waals surface area contributed by atoms with Crippen LogP contribution < -0.4 is 0 Å². The topological polar surface area (TPSA) is 17.8 Å². The zero-order valence-corrected chi connectivity index (χ0v) is 9.06. The molecule has 0 spiro atoms. The molecule has 0 bridgehead atoms. The van der Waals surface area contributed by atoms with Crippen LogP contribution >= 0.6 is 0 Å². The van der Waals surface area contributed by atoms with Crippen molar-refractivity contribution in [1.29, 1.82) is 0 Å². The molecule has 0 radical (unpaired) electrons. The number of nitrogens with zero attached hydrogens (tertiary/aromatic N) is 2. The minimum absolute atomic E-state index is 1.13. The summed E-state index contributed by atoms with van der Waals surface area (Å²) in [5.74, 6) is 0. The van der Waals surface area contributed by atoms with Gasteiger partial charge in [0, 0.05) is 6.20 Å². The van der Waals surface area contributed by atoms with Gasteiger partial charge in [0.1, 0.15) is 0 Å². The molecular weight excluding hydrogens is 184 g/mol. The van der Waals surface area contributed by atoms with Crippen molar-refractivity contribution in [3.8, 4) is 5.69 Å².